The van der Waals surface area contributed by atoms with E-state index in [1.54, 1.807) is 11.8 Å². The summed E-state index contributed by atoms with van der Waals surface area (Å²) < 4.78 is 44.4. The Labute approximate surface area is 179 Å². The monoisotopic (exact) mass is 457 g/mol. The van der Waals surface area contributed by atoms with Crippen molar-refractivity contribution in [3.05, 3.63) is 27.7 Å². The van der Waals surface area contributed by atoms with Gasteiger partial charge in [-0.2, -0.15) is 18.3 Å². The molecule has 0 unspecified atom stereocenters. The lowest BCUT2D eigenvalue weighted by Crippen LogP contribution is -2.27. The first-order valence-electron chi connectivity index (χ1n) is 9.66. The minimum absolute atomic E-state index is 0.198. The molecule has 0 saturated heterocycles. The quantitative estimate of drug-likeness (QED) is 0.584. The average Bonchev–Trinajstić information content (AvgIpc) is 3.34. The minimum atomic E-state index is -4.45. The van der Waals surface area contributed by atoms with Crippen molar-refractivity contribution >= 4 is 40.0 Å². The second-order valence-electron chi connectivity index (χ2n) is 7.30. The summed E-state index contributed by atoms with van der Waals surface area (Å²) in [7, 11) is 1.91. The summed E-state index contributed by atoms with van der Waals surface area (Å²) in [4.78, 5) is 17.8. The minimum Gasteiger partial charge on any atom is -0.349 e. The highest BCUT2D eigenvalue weighted by molar-refractivity contribution is 8.00. The lowest BCUT2D eigenvalue weighted by atomic mass is 9.95. The van der Waals surface area contributed by atoms with Crippen molar-refractivity contribution < 1.29 is 18.0 Å². The van der Waals surface area contributed by atoms with Crippen LogP contribution in [0.25, 0.3) is 11.0 Å². The van der Waals surface area contributed by atoms with Gasteiger partial charge in [-0.1, -0.05) is 0 Å². The number of aryl methyl sites for hydroxylation is 2. The van der Waals surface area contributed by atoms with Gasteiger partial charge in [-0.25, -0.2) is 4.98 Å². The highest BCUT2D eigenvalue weighted by Crippen LogP contribution is 2.37. The normalized spacial score (nSPS) is 14.3. The predicted molar refractivity (Wildman–Crippen MR) is 111 cm³/mol. The summed E-state index contributed by atoms with van der Waals surface area (Å²) in [5.74, 6) is 0.556. The largest absolute Gasteiger partial charge is 0.435 e. The second kappa shape index (κ2) is 7.92. The van der Waals surface area contributed by atoms with Crippen LogP contribution in [0.5, 0.6) is 0 Å². The number of carbonyl (C=O) groups excluding carboxylic acids is 1. The molecule has 1 aliphatic rings. The molecule has 0 atom stereocenters. The molecule has 1 amide bonds. The number of hydrogen-bond donors (Lipinski definition) is 1. The number of aromatic nitrogens is 4. The number of nitrogens with one attached hydrogen (secondary N) is 1. The molecule has 3 aromatic rings. The van der Waals surface area contributed by atoms with Gasteiger partial charge in [0.15, 0.2) is 5.69 Å². The topological polar surface area (TPSA) is 64.7 Å². The van der Waals surface area contributed by atoms with Crippen molar-refractivity contribution in [1.82, 2.24) is 24.6 Å². The molecule has 3 heterocycles. The summed E-state index contributed by atoms with van der Waals surface area (Å²) in [6, 6.07) is 0. The van der Waals surface area contributed by atoms with Gasteiger partial charge >= 0.3 is 6.18 Å². The lowest BCUT2D eigenvalue weighted by Gasteiger charge is -2.14. The third-order valence-corrected chi connectivity index (χ3v) is 7.72. The smallest absolute Gasteiger partial charge is 0.349 e. The molecule has 4 rings (SSSR count). The van der Waals surface area contributed by atoms with Gasteiger partial charge in [0, 0.05) is 24.8 Å². The first-order valence-corrected chi connectivity index (χ1v) is 11.7. The SMILES string of the molecule is CSc1sc(C(=O)NCCn2nc(C(F)(F)F)c3c2CCCC3)c2nc(C)n(C)c12. The zero-order chi connectivity index (χ0) is 21.6. The van der Waals surface area contributed by atoms with Gasteiger partial charge in [-0.3, -0.25) is 9.48 Å². The first-order chi connectivity index (χ1) is 14.2. The highest BCUT2D eigenvalue weighted by atomic mass is 32.2. The number of amides is 1. The standard InChI is InChI=1S/C19H22F3N5OS2/c1-10-24-13-14(26(10)2)18(29-3)30-15(13)17(28)23-8-9-27-12-7-5-4-6-11(12)16(25-27)19(20,21)22/h4-9H2,1-3H3,(H,23,28). The molecular formula is C19H22F3N5OS2. The van der Waals surface area contributed by atoms with Gasteiger partial charge in [-0.15, -0.1) is 23.1 Å². The van der Waals surface area contributed by atoms with E-state index in [0.717, 1.165) is 28.4 Å². The van der Waals surface area contributed by atoms with Crippen LogP contribution in [-0.2, 0) is 32.6 Å². The third kappa shape index (κ3) is 3.62. The summed E-state index contributed by atoms with van der Waals surface area (Å²) in [6.07, 6.45) is 0.0838. The van der Waals surface area contributed by atoms with Crippen molar-refractivity contribution in [2.24, 2.45) is 7.05 Å². The molecule has 30 heavy (non-hydrogen) atoms. The highest BCUT2D eigenvalue weighted by Gasteiger charge is 2.39. The van der Waals surface area contributed by atoms with E-state index in [0.29, 0.717) is 34.5 Å². The van der Waals surface area contributed by atoms with Gasteiger partial charge in [0.05, 0.1) is 16.3 Å². The van der Waals surface area contributed by atoms with E-state index in [9.17, 15) is 18.0 Å². The maximum atomic E-state index is 13.3. The van der Waals surface area contributed by atoms with E-state index in [1.807, 2.05) is 24.8 Å². The predicted octanol–water partition coefficient (Wildman–Crippen LogP) is 4.19. The van der Waals surface area contributed by atoms with E-state index in [1.165, 1.54) is 16.0 Å². The number of thiophene rings is 1. The van der Waals surface area contributed by atoms with Crippen molar-refractivity contribution in [2.75, 3.05) is 12.8 Å². The summed E-state index contributed by atoms with van der Waals surface area (Å²) in [6.45, 7) is 2.29. The lowest BCUT2D eigenvalue weighted by molar-refractivity contribution is -0.142. The van der Waals surface area contributed by atoms with Crippen LogP contribution in [0.4, 0.5) is 13.2 Å². The van der Waals surface area contributed by atoms with Crippen molar-refractivity contribution in [1.29, 1.82) is 0 Å². The summed E-state index contributed by atoms with van der Waals surface area (Å²) >= 11 is 2.95. The van der Waals surface area contributed by atoms with Crippen LogP contribution in [-0.4, -0.2) is 38.0 Å². The second-order valence-corrected chi connectivity index (χ2v) is 9.39. The Bertz CT molecular complexity index is 1110. The van der Waals surface area contributed by atoms with E-state index in [2.05, 4.69) is 15.4 Å². The Balaban J connectivity index is 1.52. The van der Waals surface area contributed by atoms with Crippen molar-refractivity contribution in [3.8, 4) is 0 Å². The maximum absolute atomic E-state index is 13.3. The molecule has 1 N–H and O–H groups in total. The number of thioether (sulfide) groups is 1. The molecule has 0 saturated carbocycles. The number of hydrogen-bond acceptors (Lipinski definition) is 5. The van der Waals surface area contributed by atoms with Crippen LogP contribution < -0.4 is 5.32 Å². The van der Waals surface area contributed by atoms with Crippen molar-refractivity contribution in [3.63, 3.8) is 0 Å². The molecule has 0 bridgehead atoms. The number of nitrogens with zero attached hydrogens (tertiary/aromatic N) is 4. The fourth-order valence-corrected chi connectivity index (χ4v) is 5.85. The fourth-order valence-electron chi connectivity index (χ4n) is 3.92. The van der Waals surface area contributed by atoms with E-state index in [4.69, 9.17) is 0 Å². The molecule has 11 heteroatoms. The van der Waals surface area contributed by atoms with Crippen LogP contribution in [0.2, 0.25) is 0 Å². The van der Waals surface area contributed by atoms with Crippen LogP contribution in [0.15, 0.2) is 4.21 Å². The number of rotatable bonds is 5. The molecule has 3 aromatic heterocycles. The number of carbonyl (C=O) groups is 1. The molecule has 0 fully saturated rings. The molecule has 0 spiro atoms. The van der Waals surface area contributed by atoms with Crippen LogP contribution in [0.1, 0.15) is 45.3 Å². The van der Waals surface area contributed by atoms with Gasteiger partial charge < -0.3 is 9.88 Å². The number of halogens is 3. The number of fused-ring (bicyclic) bond motifs is 2. The summed E-state index contributed by atoms with van der Waals surface area (Å²) in [5.41, 5.74) is 1.78. The Hall–Kier alpha value is -2.01. The molecule has 6 nitrogen and oxygen atoms in total. The Morgan fingerprint density at radius 1 is 1.30 bits per heavy atom. The first kappa shape index (κ1) is 21.2. The fraction of sp³-hybridized carbons (Fsp3) is 0.526. The van der Waals surface area contributed by atoms with Gasteiger partial charge in [0.1, 0.15) is 16.2 Å². The van der Waals surface area contributed by atoms with Crippen LogP contribution in [0.3, 0.4) is 0 Å². The summed E-state index contributed by atoms with van der Waals surface area (Å²) in [5, 5.41) is 6.67. The zero-order valence-corrected chi connectivity index (χ0v) is 18.5. The Morgan fingerprint density at radius 2 is 2.03 bits per heavy atom. The molecular weight excluding hydrogens is 435 g/mol. The van der Waals surface area contributed by atoms with Crippen LogP contribution in [0, 0.1) is 6.92 Å². The molecule has 162 valence electrons. The van der Waals surface area contributed by atoms with Gasteiger partial charge in [-0.05, 0) is 38.9 Å². The number of alkyl halides is 3. The van der Waals surface area contributed by atoms with E-state index < -0.39 is 11.9 Å². The number of imidazole rings is 1. The van der Waals surface area contributed by atoms with E-state index in [-0.39, 0.29) is 19.0 Å². The molecule has 0 aliphatic heterocycles. The van der Waals surface area contributed by atoms with E-state index >= 15 is 0 Å². The maximum Gasteiger partial charge on any atom is 0.435 e. The third-order valence-electron chi connectivity index (χ3n) is 5.45. The molecule has 1 aliphatic carbocycles. The Morgan fingerprint density at radius 3 is 2.73 bits per heavy atom. The average molecular weight is 458 g/mol. The molecule has 0 aromatic carbocycles. The zero-order valence-electron chi connectivity index (χ0n) is 16.9. The molecule has 0 radical (unpaired) electrons. The van der Waals surface area contributed by atoms with Gasteiger partial charge in [0.25, 0.3) is 5.91 Å². The van der Waals surface area contributed by atoms with Crippen LogP contribution >= 0.6 is 23.1 Å². The Kier molecular flexibility index (Phi) is 5.60. The van der Waals surface area contributed by atoms with Crippen molar-refractivity contribution in [2.45, 2.75) is 49.5 Å². The van der Waals surface area contributed by atoms with Gasteiger partial charge in [0.2, 0.25) is 0 Å².